The van der Waals surface area contributed by atoms with E-state index in [2.05, 4.69) is 10.9 Å². The summed E-state index contributed by atoms with van der Waals surface area (Å²) in [6.45, 7) is 7.38. The largest absolute Gasteiger partial charge is 0.481 e. The average Bonchev–Trinajstić information content (AvgIpc) is 2.49. The molecule has 0 spiro atoms. The van der Waals surface area contributed by atoms with Gasteiger partial charge in [0.25, 0.3) is 11.8 Å². The van der Waals surface area contributed by atoms with Gasteiger partial charge in [0.1, 0.15) is 5.75 Å². The monoisotopic (exact) mass is 302 g/mol. The Labute approximate surface area is 131 Å². The molecular formula is C17H22N2O3. The quantitative estimate of drug-likeness (QED) is 0.498. The van der Waals surface area contributed by atoms with Crippen molar-refractivity contribution < 1.29 is 14.3 Å². The highest BCUT2D eigenvalue weighted by Crippen LogP contribution is 2.21. The van der Waals surface area contributed by atoms with Crippen LogP contribution in [0.15, 0.2) is 42.5 Å². The lowest BCUT2D eigenvalue weighted by molar-refractivity contribution is -0.131. The maximum absolute atomic E-state index is 11.9. The molecule has 1 unspecified atom stereocenters. The maximum atomic E-state index is 11.9. The molecule has 0 saturated carbocycles. The number of hydrogen-bond donors (Lipinski definition) is 2. The Morgan fingerprint density at radius 1 is 1.18 bits per heavy atom. The highest BCUT2D eigenvalue weighted by atomic mass is 16.5. The Bertz CT molecular complexity index is 592. The summed E-state index contributed by atoms with van der Waals surface area (Å²) in [7, 11) is 0. The molecule has 0 heterocycles. The van der Waals surface area contributed by atoms with Gasteiger partial charge >= 0.3 is 0 Å². The summed E-state index contributed by atoms with van der Waals surface area (Å²) in [5.41, 5.74) is 6.70. The number of carbonyl (C=O) groups is 2. The Morgan fingerprint density at radius 2 is 1.91 bits per heavy atom. The average molecular weight is 302 g/mol. The van der Waals surface area contributed by atoms with Gasteiger partial charge in [0.05, 0.1) is 0 Å². The lowest BCUT2D eigenvalue weighted by Gasteiger charge is -2.17. The number of nitrogens with one attached hydrogen (secondary N) is 2. The van der Waals surface area contributed by atoms with Crippen molar-refractivity contribution in [2.24, 2.45) is 0 Å². The Hall–Kier alpha value is -2.56. The van der Waals surface area contributed by atoms with E-state index < -0.39 is 17.9 Å². The third-order valence-corrected chi connectivity index (χ3v) is 3.09. The summed E-state index contributed by atoms with van der Waals surface area (Å²) in [5, 5.41) is 0. The lowest BCUT2D eigenvalue weighted by atomic mass is 10.1. The molecule has 0 aromatic heterocycles. The highest BCUT2D eigenvalue weighted by Gasteiger charge is 2.16. The summed E-state index contributed by atoms with van der Waals surface area (Å²) in [4.78, 5) is 23.3. The Balaban J connectivity index is 2.52. The second-order valence-electron chi connectivity index (χ2n) is 4.82. The summed E-state index contributed by atoms with van der Waals surface area (Å²) in [6, 6.07) is 5.66. The van der Waals surface area contributed by atoms with Gasteiger partial charge in [-0.3, -0.25) is 20.4 Å². The van der Waals surface area contributed by atoms with Crippen LogP contribution in [0.5, 0.6) is 5.75 Å². The van der Waals surface area contributed by atoms with Crippen LogP contribution in [0.25, 0.3) is 0 Å². The van der Waals surface area contributed by atoms with Crippen LogP contribution in [0.2, 0.25) is 0 Å². The van der Waals surface area contributed by atoms with Crippen molar-refractivity contribution in [1.82, 2.24) is 10.9 Å². The van der Waals surface area contributed by atoms with Crippen molar-refractivity contribution in [3.05, 3.63) is 53.6 Å². The standard InChI is InChI=1S/C17H22N2O3/c1-5-6-7-11-16(20)18-19-17(21)14(4)22-15-10-8-9-12(2)13(15)3/h5-11,14H,1-4H3,(H,18,20)(H,19,21)/b6-5+,11-7+. The molecule has 0 aliphatic carbocycles. The fraction of sp³-hybridized carbons (Fsp3) is 0.294. The van der Waals surface area contributed by atoms with Crippen LogP contribution < -0.4 is 15.6 Å². The number of benzene rings is 1. The van der Waals surface area contributed by atoms with E-state index in [0.29, 0.717) is 5.75 Å². The molecule has 1 rings (SSSR count). The first kappa shape index (κ1) is 17.5. The molecule has 5 heteroatoms. The predicted octanol–water partition coefficient (Wildman–Crippen LogP) is 2.35. The molecule has 0 aliphatic heterocycles. The van der Waals surface area contributed by atoms with Crippen LogP contribution in [0.3, 0.4) is 0 Å². The molecule has 0 saturated heterocycles. The molecule has 0 bridgehead atoms. The van der Waals surface area contributed by atoms with Crippen LogP contribution in [-0.4, -0.2) is 17.9 Å². The zero-order valence-electron chi connectivity index (χ0n) is 13.3. The SMILES string of the molecule is C/C=C/C=C/C(=O)NNC(=O)C(C)Oc1cccc(C)c1C. The van der Waals surface area contributed by atoms with Gasteiger partial charge in [0, 0.05) is 6.08 Å². The molecule has 0 aliphatic rings. The summed E-state index contributed by atoms with van der Waals surface area (Å²) in [6.07, 6.45) is 5.68. The van der Waals surface area contributed by atoms with E-state index in [1.807, 2.05) is 39.0 Å². The van der Waals surface area contributed by atoms with Crippen molar-refractivity contribution in [2.75, 3.05) is 0 Å². The number of carbonyl (C=O) groups excluding carboxylic acids is 2. The van der Waals surface area contributed by atoms with Crippen LogP contribution in [0, 0.1) is 13.8 Å². The summed E-state index contributed by atoms with van der Waals surface area (Å²) in [5.74, 6) is -0.180. The smallest absolute Gasteiger partial charge is 0.279 e. The van der Waals surface area contributed by atoms with Crippen LogP contribution >= 0.6 is 0 Å². The van der Waals surface area contributed by atoms with E-state index >= 15 is 0 Å². The molecule has 0 radical (unpaired) electrons. The first-order valence-corrected chi connectivity index (χ1v) is 7.07. The van der Waals surface area contributed by atoms with Gasteiger partial charge in [-0.05, 0) is 44.9 Å². The first-order chi connectivity index (χ1) is 10.5. The van der Waals surface area contributed by atoms with Crippen molar-refractivity contribution in [2.45, 2.75) is 33.8 Å². The van der Waals surface area contributed by atoms with E-state index in [9.17, 15) is 9.59 Å². The second kappa shape index (κ2) is 8.67. The molecule has 1 aromatic rings. The zero-order valence-corrected chi connectivity index (χ0v) is 13.3. The minimum absolute atomic E-state index is 0.412. The summed E-state index contributed by atoms with van der Waals surface area (Å²) >= 11 is 0. The van der Waals surface area contributed by atoms with E-state index in [-0.39, 0.29) is 0 Å². The van der Waals surface area contributed by atoms with Crippen LogP contribution in [0.4, 0.5) is 0 Å². The molecule has 1 aromatic carbocycles. The highest BCUT2D eigenvalue weighted by molar-refractivity contribution is 5.90. The van der Waals surface area contributed by atoms with Crippen molar-refractivity contribution in [3.63, 3.8) is 0 Å². The zero-order chi connectivity index (χ0) is 16.5. The van der Waals surface area contributed by atoms with E-state index in [0.717, 1.165) is 11.1 Å². The van der Waals surface area contributed by atoms with E-state index in [4.69, 9.17) is 4.74 Å². The third-order valence-electron chi connectivity index (χ3n) is 3.09. The molecule has 118 valence electrons. The maximum Gasteiger partial charge on any atom is 0.279 e. The minimum Gasteiger partial charge on any atom is -0.481 e. The molecule has 2 amide bonds. The fourth-order valence-electron chi connectivity index (χ4n) is 1.62. The van der Waals surface area contributed by atoms with Crippen molar-refractivity contribution in [3.8, 4) is 5.75 Å². The Morgan fingerprint density at radius 3 is 2.59 bits per heavy atom. The normalized spacial score (nSPS) is 12.4. The topological polar surface area (TPSA) is 67.4 Å². The van der Waals surface area contributed by atoms with E-state index in [1.54, 1.807) is 25.2 Å². The number of aryl methyl sites for hydroxylation is 1. The number of hydrazine groups is 1. The van der Waals surface area contributed by atoms with Gasteiger partial charge in [-0.15, -0.1) is 0 Å². The van der Waals surface area contributed by atoms with Crippen LogP contribution in [0.1, 0.15) is 25.0 Å². The van der Waals surface area contributed by atoms with Gasteiger partial charge in [-0.2, -0.15) is 0 Å². The molecule has 5 nitrogen and oxygen atoms in total. The fourth-order valence-corrected chi connectivity index (χ4v) is 1.62. The third kappa shape index (κ3) is 5.44. The molecule has 0 fully saturated rings. The molecule has 22 heavy (non-hydrogen) atoms. The molecular weight excluding hydrogens is 280 g/mol. The van der Waals surface area contributed by atoms with Gasteiger partial charge in [0.2, 0.25) is 0 Å². The van der Waals surface area contributed by atoms with Crippen molar-refractivity contribution in [1.29, 1.82) is 0 Å². The Kier molecular flexibility index (Phi) is 6.89. The predicted molar refractivity (Wildman–Crippen MR) is 86.2 cm³/mol. The van der Waals surface area contributed by atoms with Gasteiger partial charge < -0.3 is 4.74 Å². The molecule has 2 N–H and O–H groups in total. The van der Waals surface area contributed by atoms with Gasteiger partial charge in [0.15, 0.2) is 6.10 Å². The van der Waals surface area contributed by atoms with Crippen LogP contribution in [-0.2, 0) is 9.59 Å². The van der Waals surface area contributed by atoms with Gasteiger partial charge in [-0.1, -0.05) is 30.4 Å². The molecule has 1 atom stereocenters. The minimum atomic E-state index is -0.722. The number of rotatable bonds is 5. The summed E-state index contributed by atoms with van der Waals surface area (Å²) < 4.78 is 5.63. The van der Waals surface area contributed by atoms with E-state index in [1.165, 1.54) is 6.08 Å². The number of hydrogen-bond acceptors (Lipinski definition) is 3. The number of allylic oxidation sites excluding steroid dienone is 3. The second-order valence-corrected chi connectivity index (χ2v) is 4.82. The number of ether oxygens (including phenoxy) is 1. The lowest BCUT2D eigenvalue weighted by Crippen LogP contribution is -2.46. The van der Waals surface area contributed by atoms with Crippen molar-refractivity contribution >= 4 is 11.8 Å². The first-order valence-electron chi connectivity index (χ1n) is 7.07. The van der Waals surface area contributed by atoms with Gasteiger partial charge in [-0.25, -0.2) is 0 Å². The number of amides is 2.